The number of halogens is 2. The second-order valence-electron chi connectivity index (χ2n) is 5.79. The van der Waals surface area contributed by atoms with Crippen molar-refractivity contribution in [2.45, 2.75) is 19.4 Å². The zero-order valence-corrected chi connectivity index (χ0v) is 12.9. The molecule has 0 bridgehead atoms. The van der Waals surface area contributed by atoms with Crippen LogP contribution >= 0.6 is 23.2 Å². The number of nitrogens with one attached hydrogen (secondary N) is 1. The van der Waals surface area contributed by atoms with Gasteiger partial charge in [-0.1, -0.05) is 29.3 Å². The molecule has 3 atom stereocenters. The van der Waals surface area contributed by atoms with Gasteiger partial charge in [-0.25, -0.2) is 0 Å². The van der Waals surface area contributed by atoms with E-state index in [0.717, 1.165) is 25.2 Å². The van der Waals surface area contributed by atoms with Crippen LogP contribution in [0.15, 0.2) is 18.2 Å². The van der Waals surface area contributed by atoms with E-state index in [9.17, 15) is 4.79 Å². The second kappa shape index (κ2) is 5.55. The lowest BCUT2D eigenvalue weighted by molar-refractivity contribution is -0.131. The van der Waals surface area contributed by atoms with Crippen molar-refractivity contribution in [2.24, 2.45) is 11.8 Å². The highest BCUT2D eigenvalue weighted by Crippen LogP contribution is 2.32. The Balaban J connectivity index is 1.69. The van der Waals surface area contributed by atoms with Gasteiger partial charge in [0, 0.05) is 25.7 Å². The van der Waals surface area contributed by atoms with Gasteiger partial charge < -0.3 is 10.2 Å². The third kappa shape index (κ3) is 2.54. The molecular formula is C15H18Cl2N2O. The molecule has 5 heteroatoms. The number of fused-ring (bicyclic) bond motifs is 1. The van der Waals surface area contributed by atoms with E-state index in [-0.39, 0.29) is 5.91 Å². The van der Waals surface area contributed by atoms with Crippen molar-refractivity contribution in [2.75, 3.05) is 19.6 Å². The number of nitrogens with zero attached hydrogens (tertiary/aromatic N) is 1. The minimum atomic E-state index is 0.185. The van der Waals surface area contributed by atoms with Crippen LogP contribution in [-0.2, 0) is 11.2 Å². The molecule has 3 rings (SSSR count). The summed E-state index contributed by atoms with van der Waals surface area (Å²) in [5.41, 5.74) is 0.923. The van der Waals surface area contributed by atoms with Crippen LogP contribution in [-0.4, -0.2) is 36.5 Å². The maximum absolute atomic E-state index is 12.5. The first-order valence-electron chi connectivity index (χ1n) is 7.00. The topological polar surface area (TPSA) is 32.3 Å². The van der Waals surface area contributed by atoms with E-state index in [0.29, 0.717) is 34.3 Å². The normalized spacial score (nSPS) is 28.8. The molecule has 0 aromatic heterocycles. The van der Waals surface area contributed by atoms with Crippen molar-refractivity contribution < 1.29 is 4.79 Å². The summed E-state index contributed by atoms with van der Waals surface area (Å²) in [6.45, 7) is 5.09. The third-order valence-electron chi connectivity index (χ3n) is 4.59. The number of benzene rings is 1. The summed E-state index contributed by atoms with van der Waals surface area (Å²) in [4.78, 5) is 14.5. The van der Waals surface area contributed by atoms with E-state index in [2.05, 4.69) is 12.2 Å². The average molecular weight is 313 g/mol. The smallest absolute Gasteiger partial charge is 0.227 e. The first-order valence-corrected chi connectivity index (χ1v) is 7.76. The first kappa shape index (κ1) is 14.2. The maximum Gasteiger partial charge on any atom is 0.227 e. The molecule has 0 saturated carbocycles. The molecule has 0 spiro atoms. The van der Waals surface area contributed by atoms with Gasteiger partial charge in [-0.3, -0.25) is 4.79 Å². The number of amides is 1. The molecule has 3 nitrogen and oxygen atoms in total. The van der Waals surface area contributed by atoms with Gasteiger partial charge in [0.25, 0.3) is 0 Å². The quantitative estimate of drug-likeness (QED) is 0.910. The minimum Gasteiger partial charge on any atom is -0.339 e. The van der Waals surface area contributed by atoms with Crippen LogP contribution in [0.4, 0.5) is 0 Å². The van der Waals surface area contributed by atoms with Gasteiger partial charge in [-0.2, -0.15) is 0 Å². The predicted molar refractivity (Wildman–Crippen MR) is 81.2 cm³/mol. The van der Waals surface area contributed by atoms with E-state index in [1.54, 1.807) is 12.1 Å². The van der Waals surface area contributed by atoms with Crippen LogP contribution in [0.5, 0.6) is 0 Å². The fourth-order valence-electron chi connectivity index (χ4n) is 3.42. The van der Waals surface area contributed by atoms with Crippen LogP contribution in [0, 0.1) is 11.8 Å². The average Bonchev–Trinajstić information content (AvgIpc) is 2.97. The highest BCUT2D eigenvalue weighted by Gasteiger charge is 2.43. The Morgan fingerprint density at radius 1 is 1.35 bits per heavy atom. The molecule has 1 aromatic carbocycles. The highest BCUT2D eigenvalue weighted by atomic mass is 35.5. The van der Waals surface area contributed by atoms with E-state index in [1.165, 1.54) is 0 Å². The zero-order valence-electron chi connectivity index (χ0n) is 11.4. The van der Waals surface area contributed by atoms with Gasteiger partial charge in [-0.15, -0.1) is 0 Å². The van der Waals surface area contributed by atoms with Crippen LogP contribution in [0.1, 0.15) is 12.5 Å². The molecular weight excluding hydrogens is 295 g/mol. The van der Waals surface area contributed by atoms with Crippen molar-refractivity contribution in [1.29, 1.82) is 0 Å². The van der Waals surface area contributed by atoms with E-state index >= 15 is 0 Å². The molecule has 0 radical (unpaired) electrons. The Labute approximate surface area is 129 Å². The summed E-state index contributed by atoms with van der Waals surface area (Å²) in [6, 6.07) is 5.73. The summed E-state index contributed by atoms with van der Waals surface area (Å²) >= 11 is 11.9. The van der Waals surface area contributed by atoms with Gasteiger partial charge in [0.15, 0.2) is 0 Å². The Hall–Kier alpha value is -0.770. The predicted octanol–water partition coefficient (Wildman–Crippen LogP) is 2.60. The molecule has 2 saturated heterocycles. The maximum atomic E-state index is 12.5. The number of hydrogen-bond donors (Lipinski definition) is 1. The number of hydrogen-bond acceptors (Lipinski definition) is 2. The van der Waals surface area contributed by atoms with Gasteiger partial charge in [-0.05, 0) is 36.5 Å². The fourth-order valence-corrected chi connectivity index (χ4v) is 3.74. The van der Waals surface area contributed by atoms with Crippen LogP contribution in [0.2, 0.25) is 10.0 Å². The largest absolute Gasteiger partial charge is 0.339 e. The molecule has 108 valence electrons. The molecule has 20 heavy (non-hydrogen) atoms. The fraction of sp³-hybridized carbons (Fsp3) is 0.533. The van der Waals surface area contributed by atoms with Crippen molar-refractivity contribution in [3.63, 3.8) is 0 Å². The standard InChI is InChI=1S/C15H18Cl2N2O/c1-9-12-7-18-6-11(12)8-19(9)15(20)5-10-2-3-13(16)14(17)4-10/h2-4,9,11-12,18H,5-8H2,1H3. The Bertz CT molecular complexity index is 535. The molecule has 2 fully saturated rings. The molecule has 3 unspecified atom stereocenters. The van der Waals surface area contributed by atoms with Crippen molar-refractivity contribution in [3.05, 3.63) is 33.8 Å². The Kier molecular flexibility index (Phi) is 3.93. The summed E-state index contributed by atoms with van der Waals surface area (Å²) in [5.74, 6) is 1.40. The second-order valence-corrected chi connectivity index (χ2v) is 6.61. The third-order valence-corrected chi connectivity index (χ3v) is 5.33. The number of carbonyl (C=O) groups excluding carboxylic acids is 1. The van der Waals surface area contributed by atoms with Crippen LogP contribution in [0.25, 0.3) is 0 Å². The lowest BCUT2D eigenvalue weighted by Gasteiger charge is -2.24. The monoisotopic (exact) mass is 312 g/mol. The van der Waals surface area contributed by atoms with Gasteiger partial charge in [0.05, 0.1) is 16.5 Å². The van der Waals surface area contributed by atoms with Crippen LogP contribution < -0.4 is 5.32 Å². The van der Waals surface area contributed by atoms with Crippen molar-refractivity contribution >= 4 is 29.1 Å². The Morgan fingerprint density at radius 3 is 2.85 bits per heavy atom. The summed E-state index contributed by atoms with van der Waals surface area (Å²) in [7, 11) is 0. The number of carbonyl (C=O) groups is 1. The molecule has 1 amide bonds. The molecule has 1 aromatic rings. The molecule has 2 aliphatic rings. The lowest BCUT2D eigenvalue weighted by atomic mass is 9.95. The summed E-state index contributed by atoms with van der Waals surface area (Å²) in [5, 5.41) is 4.44. The summed E-state index contributed by atoms with van der Waals surface area (Å²) < 4.78 is 0. The van der Waals surface area contributed by atoms with E-state index < -0.39 is 0 Å². The van der Waals surface area contributed by atoms with Gasteiger partial charge in [0.1, 0.15) is 0 Å². The van der Waals surface area contributed by atoms with Gasteiger partial charge in [0.2, 0.25) is 5.91 Å². The first-order chi connectivity index (χ1) is 9.56. The van der Waals surface area contributed by atoms with Crippen molar-refractivity contribution in [3.8, 4) is 0 Å². The van der Waals surface area contributed by atoms with Gasteiger partial charge >= 0.3 is 0 Å². The Morgan fingerprint density at radius 2 is 2.15 bits per heavy atom. The molecule has 1 N–H and O–H groups in total. The van der Waals surface area contributed by atoms with E-state index in [4.69, 9.17) is 23.2 Å². The molecule has 2 aliphatic heterocycles. The van der Waals surface area contributed by atoms with Crippen molar-refractivity contribution in [1.82, 2.24) is 10.2 Å². The molecule has 0 aliphatic carbocycles. The summed E-state index contributed by atoms with van der Waals surface area (Å²) in [6.07, 6.45) is 0.397. The van der Waals surface area contributed by atoms with E-state index in [1.807, 2.05) is 11.0 Å². The lowest BCUT2D eigenvalue weighted by Crippen LogP contribution is -2.38. The zero-order chi connectivity index (χ0) is 14.3. The highest BCUT2D eigenvalue weighted by molar-refractivity contribution is 6.42. The molecule has 2 heterocycles. The SMILES string of the molecule is CC1C2CNCC2CN1C(=O)Cc1ccc(Cl)c(Cl)c1. The number of rotatable bonds is 2. The minimum absolute atomic E-state index is 0.185. The number of likely N-dealkylation sites (tertiary alicyclic amines) is 1. The van der Waals surface area contributed by atoms with Crippen LogP contribution in [0.3, 0.4) is 0 Å².